The van der Waals surface area contributed by atoms with Gasteiger partial charge < -0.3 is 9.80 Å². The number of nitrogens with zero attached hydrogens (tertiary/aromatic N) is 2. The summed E-state index contributed by atoms with van der Waals surface area (Å²) in [7, 11) is 0. The number of rotatable bonds is 2. The SMILES string of the molecule is O=C(C1CC(=O)N(c2ccc(F)c(F)c2F)C1)N1CCc2ccccc21. The molecule has 2 aromatic carbocycles. The van der Waals surface area contributed by atoms with Crippen molar-refractivity contribution >= 4 is 23.2 Å². The summed E-state index contributed by atoms with van der Waals surface area (Å²) >= 11 is 0. The Morgan fingerprint density at radius 2 is 1.77 bits per heavy atom. The van der Waals surface area contributed by atoms with Crippen LogP contribution in [-0.2, 0) is 16.0 Å². The maximum atomic E-state index is 14.0. The van der Waals surface area contributed by atoms with Gasteiger partial charge in [-0.2, -0.15) is 0 Å². The predicted molar refractivity (Wildman–Crippen MR) is 89.3 cm³/mol. The van der Waals surface area contributed by atoms with Gasteiger partial charge in [0.15, 0.2) is 17.5 Å². The number of amides is 2. The fourth-order valence-electron chi connectivity index (χ4n) is 3.62. The topological polar surface area (TPSA) is 40.6 Å². The van der Waals surface area contributed by atoms with Crippen LogP contribution in [0.25, 0.3) is 0 Å². The molecule has 0 bridgehead atoms. The molecule has 0 saturated carbocycles. The van der Waals surface area contributed by atoms with Crippen molar-refractivity contribution in [3.63, 3.8) is 0 Å². The van der Waals surface area contributed by atoms with Gasteiger partial charge in [-0.25, -0.2) is 13.2 Å². The molecule has 1 unspecified atom stereocenters. The van der Waals surface area contributed by atoms with Crippen LogP contribution in [0.5, 0.6) is 0 Å². The van der Waals surface area contributed by atoms with Crippen LogP contribution in [0.3, 0.4) is 0 Å². The molecule has 2 heterocycles. The van der Waals surface area contributed by atoms with E-state index in [1.807, 2.05) is 24.3 Å². The smallest absolute Gasteiger partial charge is 0.232 e. The second-order valence-corrected chi connectivity index (χ2v) is 6.47. The largest absolute Gasteiger partial charge is 0.312 e. The maximum absolute atomic E-state index is 14.0. The Bertz CT molecular complexity index is 916. The van der Waals surface area contributed by atoms with E-state index in [2.05, 4.69) is 0 Å². The van der Waals surface area contributed by atoms with Crippen molar-refractivity contribution in [2.75, 3.05) is 22.9 Å². The zero-order valence-electron chi connectivity index (χ0n) is 13.7. The molecule has 2 aromatic rings. The second-order valence-electron chi connectivity index (χ2n) is 6.47. The quantitative estimate of drug-likeness (QED) is 0.773. The third kappa shape index (κ3) is 2.55. The molecule has 2 aliphatic rings. The van der Waals surface area contributed by atoms with Gasteiger partial charge in [-0.3, -0.25) is 9.59 Å². The molecule has 4 rings (SSSR count). The minimum Gasteiger partial charge on any atom is -0.312 e. The highest BCUT2D eigenvalue weighted by atomic mass is 19.2. The standard InChI is InChI=1S/C19H15F3N2O2/c20-13-5-6-15(18(22)17(13)21)24-10-12(9-16(24)25)19(26)23-8-7-11-3-1-2-4-14(11)23/h1-6,12H,7-10H2. The monoisotopic (exact) mass is 360 g/mol. The zero-order chi connectivity index (χ0) is 18.4. The van der Waals surface area contributed by atoms with E-state index in [0.717, 1.165) is 34.7 Å². The molecule has 134 valence electrons. The van der Waals surface area contributed by atoms with E-state index in [9.17, 15) is 22.8 Å². The maximum Gasteiger partial charge on any atom is 0.232 e. The van der Waals surface area contributed by atoms with Crippen LogP contribution in [0.2, 0.25) is 0 Å². The summed E-state index contributed by atoms with van der Waals surface area (Å²) < 4.78 is 40.6. The van der Waals surface area contributed by atoms with E-state index in [0.29, 0.717) is 6.54 Å². The average Bonchev–Trinajstić information content (AvgIpc) is 3.23. The lowest BCUT2D eigenvalue weighted by Gasteiger charge is -2.22. The van der Waals surface area contributed by atoms with Crippen molar-refractivity contribution in [1.29, 1.82) is 0 Å². The molecular weight excluding hydrogens is 345 g/mol. The van der Waals surface area contributed by atoms with Crippen molar-refractivity contribution < 1.29 is 22.8 Å². The van der Waals surface area contributed by atoms with Crippen molar-refractivity contribution in [3.05, 3.63) is 59.4 Å². The normalized spacial score (nSPS) is 19.2. The molecule has 2 aliphatic heterocycles. The molecule has 0 N–H and O–H groups in total. The molecule has 0 aromatic heterocycles. The number of benzene rings is 2. The summed E-state index contributed by atoms with van der Waals surface area (Å²) in [6.45, 7) is 0.473. The molecule has 1 saturated heterocycles. The lowest BCUT2D eigenvalue weighted by atomic mass is 10.1. The summed E-state index contributed by atoms with van der Waals surface area (Å²) in [5, 5.41) is 0. The summed E-state index contributed by atoms with van der Waals surface area (Å²) in [5.74, 6) is -5.72. The first-order chi connectivity index (χ1) is 12.5. The minimum absolute atomic E-state index is 0.0572. The number of halogens is 3. The summed E-state index contributed by atoms with van der Waals surface area (Å²) in [4.78, 5) is 27.8. The number of para-hydroxylation sites is 1. The van der Waals surface area contributed by atoms with Gasteiger partial charge in [0.1, 0.15) is 0 Å². The van der Waals surface area contributed by atoms with Gasteiger partial charge in [0.2, 0.25) is 11.8 Å². The fourth-order valence-corrected chi connectivity index (χ4v) is 3.62. The lowest BCUT2D eigenvalue weighted by molar-refractivity contribution is -0.124. The van der Waals surface area contributed by atoms with Gasteiger partial charge in [-0.1, -0.05) is 18.2 Å². The van der Waals surface area contributed by atoms with Crippen molar-refractivity contribution in [2.45, 2.75) is 12.8 Å². The Hall–Kier alpha value is -2.83. The van der Waals surface area contributed by atoms with Gasteiger partial charge in [0.05, 0.1) is 11.6 Å². The zero-order valence-corrected chi connectivity index (χ0v) is 13.7. The number of fused-ring (bicyclic) bond motifs is 1. The highest BCUT2D eigenvalue weighted by molar-refractivity contribution is 6.05. The van der Waals surface area contributed by atoms with Crippen molar-refractivity contribution in [3.8, 4) is 0 Å². The molecule has 26 heavy (non-hydrogen) atoms. The van der Waals surface area contributed by atoms with Gasteiger partial charge in [-0.15, -0.1) is 0 Å². The first kappa shape index (κ1) is 16.6. The first-order valence-electron chi connectivity index (χ1n) is 8.30. The van der Waals surface area contributed by atoms with E-state index in [1.54, 1.807) is 4.90 Å². The van der Waals surface area contributed by atoms with Gasteiger partial charge in [0, 0.05) is 25.2 Å². The molecule has 0 aliphatic carbocycles. The van der Waals surface area contributed by atoms with E-state index in [-0.39, 0.29) is 24.6 Å². The van der Waals surface area contributed by atoms with Crippen LogP contribution < -0.4 is 9.80 Å². The van der Waals surface area contributed by atoms with E-state index in [1.165, 1.54) is 0 Å². The molecule has 1 atom stereocenters. The fraction of sp³-hybridized carbons (Fsp3) is 0.263. The van der Waals surface area contributed by atoms with Crippen LogP contribution in [0.15, 0.2) is 36.4 Å². The van der Waals surface area contributed by atoms with Gasteiger partial charge >= 0.3 is 0 Å². The summed E-state index contributed by atoms with van der Waals surface area (Å²) in [6.07, 6.45) is 0.653. The van der Waals surface area contributed by atoms with Gasteiger partial charge in [0.25, 0.3) is 0 Å². The number of hydrogen-bond acceptors (Lipinski definition) is 2. The van der Waals surface area contributed by atoms with Crippen molar-refractivity contribution in [1.82, 2.24) is 0 Å². The van der Waals surface area contributed by atoms with Crippen LogP contribution in [-0.4, -0.2) is 24.9 Å². The minimum atomic E-state index is -1.63. The van der Waals surface area contributed by atoms with Crippen LogP contribution in [0.1, 0.15) is 12.0 Å². The average molecular weight is 360 g/mol. The Labute approximate surface area is 147 Å². The Morgan fingerprint density at radius 3 is 2.58 bits per heavy atom. The highest BCUT2D eigenvalue weighted by Gasteiger charge is 2.40. The van der Waals surface area contributed by atoms with E-state index < -0.39 is 29.3 Å². The number of hydrogen-bond donors (Lipinski definition) is 0. The third-order valence-corrected chi connectivity index (χ3v) is 4.93. The number of carbonyl (C=O) groups excluding carboxylic acids is 2. The van der Waals surface area contributed by atoms with E-state index >= 15 is 0 Å². The molecular formula is C19H15F3N2O2. The van der Waals surface area contributed by atoms with Crippen LogP contribution in [0.4, 0.5) is 24.5 Å². The number of anilines is 2. The van der Waals surface area contributed by atoms with Crippen LogP contribution in [0, 0.1) is 23.4 Å². The molecule has 1 fully saturated rings. The Balaban J connectivity index is 1.57. The Kier molecular flexibility index (Phi) is 3.94. The van der Waals surface area contributed by atoms with E-state index in [4.69, 9.17) is 0 Å². The van der Waals surface area contributed by atoms with Gasteiger partial charge in [-0.05, 0) is 30.2 Å². The Morgan fingerprint density at radius 1 is 1.00 bits per heavy atom. The predicted octanol–water partition coefficient (Wildman–Crippen LogP) is 3.05. The molecule has 7 heteroatoms. The third-order valence-electron chi connectivity index (χ3n) is 4.93. The molecule has 0 spiro atoms. The molecule has 4 nitrogen and oxygen atoms in total. The summed E-state index contributed by atoms with van der Waals surface area (Å²) in [6, 6.07) is 9.33. The van der Waals surface area contributed by atoms with Crippen LogP contribution >= 0.6 is 0 Å². The first-order valence-corrected chi connectivity index (χ1v) is 8.30. The highest BCUT2D eigenvalue weighted by Crippen LogP contribution is 2.33. The molecule has 2 amide bonds. The number of carbonyl (C=O) groups is 2. The summed E-state index contributed by atoms with van der Waals surface area (Å²) in [5.41, 5.74) is 1.54. The lowest BCUT2D eigenvalue weighted by Crippen LogP contribution is -2.36. The van der Waals surface area contributed by atoms with Crippen molar-refractivity contribution in [2.24, 2.45) is 5.92 Å². The molecule has 0 radical (unpaired) electrons. The second kappa shape index (κ2) is 6.16.